The highest BCUT2D eigenvalue weighted by Gasteiger charge is 2.34. The average molecular weight is 523 g/mol. The number of carbonyl (C=O) groups excluding carboxylic acids is 1. The molecule has 0 saturated heterocycles. The normalized spacial score (nSPS) is 16.4. The van der Waals surface area contributed by atoms with Gasteiger partial charge in [-0.2, -0.15) is 14.6 Å². The van der Waals surface area contributed by atoms with Gasteiger partial charge in [-0.25, -0.2) is 4.98 Å². The number of aryl methyl sites for hydroxylation is 1. The number of hydrogen-bond acceptors (Lipinski definition) is 9. The first kappa shape index (κ1) is 23.9. The Hall–Kier alpha value is -3.77. The summed E-state index contributed by atoms with van der Waals surface area (Å²) in [4.78, 5) is 35.8. The van der Waals surface area contributed by atoms with E-state index in [2.05, 4.69) is 15.1 Å². The third-order valence-corrected chi connectivity index (χ3v) is 7.38. The smallest absolute Gasteiger partial charge is 0.283 e. The number of benzene rings is 1. The Balaban J connectivity index is 1.40. The van der Waals surface area contributed by atoms with Crippen molar-refractivity contribution in [3.05, 3.63) is 67.6 Å². The van der Waals surface area contributed by atoms with Crippen LogP contribution in [0, 0.1) is 5.41 Å². The molecular formula is C24H22N6O4S2. The first-order valence-corrected chi connectivity index (χ1v) is 12.9. The zero-order chi connectivity index (χ0) is 25.4. The van der Waals surface area contributed by atoms with Crippen LogP contribution in [-0.2, 0) is 17.8 Å². The van der Waals surface area contributed by atoms with Gasteiger partial charge in [-0.05, 0) is 49.4 Å². The lowest BCUT2D eigenvalue weighted by Gasteiger charge is -2.25. The highest BCUT2D eigenvalue weighted by Crippen LogP contribution is 2.33. The number of thioether (sulfide) groups is 1. The fraction of sp³-hybridized carbons (Fsp3) is 0.250. The van der Waals surface area contributed by atoms with E-state index in [1.165, 1.54) is 33.7 Å². The third-order valence-electron chi connectivity index (χ3n) is 5.38. The molecule has 1 N–H and O–H groups in total. The van der Waals surface area contributed by atoms with E-state index in [0.717, 1.165) is 17.1 Å². The molecule has 36 heavy (non-hydrogen) atoms. The van der Waals surface area contributed by atoms with Gasteiger partial charge >= 0.3 is 0 Å². The largest absolute Gasteiger partial charge is 0.490 e. The van der Waals surface area contributed by atoms with Gasteiger partial charge in [-0.1, -0.05) is 36.1 Å². The summed E-state index contributed by atoms with van der Waals surface area (Å²) in [5.41, 5.74) is 1.94. The monoisotopic (exact) mass is 522 g/mol. The first-order chi connectivity index (χ1) is 17.4. The number of allylic oxidation sites excluding steroid dienone is 1. The van der Waals surface area contributed by atoms with Crippen molar-refractivity contribution in [1.82, 2.24) is 19.5 Å². The molecule has 2 aliphatic heterocycles. The summed E-state index contributed by atoms with van der Waals surface area (Å²) in [7, 11) is 0. The minimum atomic E-state index is -0.456. The number of carbonyl (C=O) groups is 1. The maximum absolute atomic E-state index is 12.6. The van der Waals surface area contributed by atoms with E-state index in [0.29, 0.717) is 39.5 Å². The SMILES string of the molecule is CCOc1cc(/C=C2/C(=N)N3C(C)=CSC3=NC2=O)ccc1OCc1cc(=O)n2nc(CC)sc2n1. The Morgan fingerprint density at radius 3 is 2.75 bits per heavy atom. The van der Waals surface area contributed by atoms with Gasteiger partial charge in [0.15, 0.2) is 16.7 Å². The number of fused-ring (bicyclic) bond motifs is 2. The minimum Gasteiger partial charge on any atom is -0.490 e. The number of rotatable bonds is 7. The molecule has 0 saturated carbocycles. The van der Waals surface area contributed by atoms with Gasteiger partial charge in [0.25, 0.3) is 11.5 Å². The van der Waals surface area contributed by atoms with E-state index in [9.17, 15) is 9.59 Å². The summed E-state index contributed by atoms with van der Waals surface area (Å²) < 4.78 is 13.0. The molecule has 3 aromatic rings. The van der Waals surface area contributed by atoms with Crippen LogP contribution in [0.2, 0.25) is 0 Å². The average Bonchev–Trinajstić information content (AvgIpc) is 3.45. The number of aromatic nitrogens is 3. The second-order valence-electron chi connectivity index (χ2n) is 7.88. The lowest BCUT2D eigenvalue weighted by atomic mass is 10.1. The first-order valence-electron chi connectivity index (χ1n) is 11.2. The maximum Gasteiger partial charge on any atom is 0.283 e. The van der Waals surface area contributed by atoms with E-state index in [-0.39, 0.29) is 23.6 Å². The quantitative estimate of drug-likeness (QED) is 0.464. The fourth-order valence-electron chi connectivity index (χ4n) is 3.67. The molecule has 4 heterocycles. The Bertz CT molecular complexity index is 1550. The molecule has 0 spiro atoms. The van der Waals surface area contributed by atoms with Gasteiger partial charge in [0.05, 0.1) is 17.9 Å². The standard InChI is InChI=1S/C24H22N6O4S2/c1-4-19-28-30-20(31)10-15(26-24(30)36-19)11-34-17-7-6-14(9-18(17)33-5-2)8-16-21(25)29-13(3)12-35-23(29)27-22(16)32/h6-10,12,25H,4-5,11H2,1-3H3/b16-8-,25-21?. The van der Waals surface area contributed by atoms with Crippen LogP contribution in [0.1, 0.15) is 37.0 Å². The summed E-state index contributed by atoms with van der Waals surface area (Å²) in [6.45, 7) is 6.18. The molecule has 0 radical (unpaired) electrons. The Morgan fingerprint density at radius 1 is 1.14 bits per heavy atom. The number of nitrogens with zero attached hydrogens (tertiary/aromatic N) is 5. The van der Waals surface area contributed by atoms with Gasteiger partial charge in [0.1, 0.15) is 17.5 Å². The van der Waals surface area contributed by atoms with Crippen molar-refractivity contribution in [3.8, 4) is 11.5 Å². The van der Waals surface area contributed by atoms with Crippen molar-refractivity contribution in [3.63, 3.8) is 0 Å². The summed E-state index contributed by atoms with van der Waals surface area (Å²) in [5, 5.41) is 16.0. The molecule has 2 aliphatic rings. The Morgan fingerprint density at radius 2 is 1.97 bits per heavy atom. The number of nitrogens with one attached hydrogen (secondary N) is 1. The van der Waals surface area contributed by atoms with Crippen molar-refractivity contribution in [2.45, 2.75) is 33.8 Å². The summed E-state index contributed by atoms with van der Waals surface area (Å²) in [6.07, 6.45) is 2.35. The highest BCUT2D eigenvalue weighted by atomic mass is 32.2. The molecule has 2 aromatic heterocycles. The molecule has 12 heteroatoms. The number of amides is 1. The van der Waals surface area contributed by atoms with Crippen molar-refractivity contribution < 1.29 is 14.3 Å². The van der Waals surface area contributed by atoms with Crippen molar-refractivity contribution >= 4 is 51.0 Å². The second kappa shape index (κ2) is 9.70. The van der Waals surface area contributed by atoms with Gasteiger partial charge in [-0.3, -0.25) is 19.9 Å². The molecule has 0 atom stereocenters. The van der Waals surface area contributed by atoms with Crippen LogP contribution in [0.5, 0.6) is 11.5 Å². The lowest BCUT2D eigenvalue weighted by Crippen LogP contribution is -2.37. The van der Waals surface area contributed by atoms with Crippen molar-refractivity contribution in [1.29, 1.82) is 5.41 Å². The van der Waals surface area contributed by atoms with Crippen molar-refractivity contribution in [2.24, 2.45) is 4.99 Å². The molecule has 1 aromatic carbocycles. The number of hydrogen-bond donors (Lipinski definition) is 1. The maximum atomic E-state index is 12.6. The van der Waals surface area contributed by atoms with Crippen molar-refractivity contribution in [2.75, 3.05) is 6.61 Å². The number of ether oxygens (including phenoxy) is 2. The van der Waals surface area contributed by atoms with E-state index in [4.69, 9.17) is 14.9 Å². The van der Waals surface area contributed by atoms with Crippen LogP contribution in [0.4, 0.5) is 0 Å². The molecule has 10 nitrogen and oxygen atoms in total. The fourth-order valence-corrected chi connectivity index (χ4v) is 5.39. The Kier molecular flexibility index (Phi) is 6.46. The van der Waals surface area contributed by atoms with E-state index < -0.39 is 5.91 Å². The van der Waals surface area contributed by atoms with Crippen LogP contribution in [-0.4, -0.2) is 43.0 Å². The topological polar surface area (TPSA) is 122 Å². The minimum absolute atomic E-state index is 0.0739. The van der Waals surface area contributed by atoms with Crippen LogP contribution < -0.4 is 15.0 Å². The Labute approximate surface area is 214 Å². The zero-order valence-corrected chi connectivity index (χ0v) is 21.4. The van der Waals surface area contributed by atoms with Crippen LogP contribution >= 0.6 is 23.1 Å². The van der Waals surface area contributed by atoms with Gasteiger partial charge in [0, 0.05) is 11.8 Å². The van der Waals surface area contributed by atoms with Crippen LogP contribution in [0.25, 0.3) is 11.0 Å². The molecule has 0 bridgehead atoms. The summed E-state index contributed by atoms with van der Waals surface area (Å²) >= 11 is 2.70. The predicted octanol–water partition coefficient (Wildman–Crippen LogP) is 3.86. The molecule has 5 rings (SSSR count). The van der Waals surface area contributed by atoms with Gasteiger partial charge in [0.2, 0.25) is 4.96 Å². The van der Waals surface area contributed by atoms with E-state index >= 15 is 0 Å². The number of amidine groups is 2. The van der Waals surface area contributed by atoms with Gasteiger partial charge < -0.3 is 9.47 Å². The molecule has 0 aliphatic carbocycles. The third kappa shape index (κ3) is 4.44. The predicted molar refractivity (Wildman–Crippen MR) is 140 cm³/mol. The van der Waals surface area contributed by atoms with E-state index in [1.54, 1.807) is 29.2 Å². The molecule has 0 unspecified atom stereocenters. The second-order valence-corrected chi connectivity index (χ2v) is 9.75. The molecular weight excluding hydrogens is 500 g/mol. The molecule has 1 amide bonds. The van der Waals surface area contributed by atoms with Crippen LogP contribution in [0.15, 0.2) is 50.7 Å². The lowest BCUT2D eigenvalue weighted by molar-refractivity contribution is -0.114. The highest BCUT2D eigenvalue weighted by molar-refractivity contribution is 8.16. The van der Waals surface area contributed by atoms with E-state index in [1.807, 2.05) is 26.2 Å². The molecule has 0 fully saturated rings. The molecule has 184 valence electrons. The summed E-state index contributed by atoms with van der Waals surface area (Å²) in [5.74, 6) is 0.577. The van der Waals surface area contributed by atoms with Crippen LogP contribution in [0.3, 0.4) is 0 Å². The number of aliphatic imine (C=N–C) groups is 1. The summed E-state index contributed by atoms with van der Waals surface area (Å²) in [6, 6.07) is 6.66. The van der Waals surface area contributed by atoms with Gasteiger partial charge in [-0.15, -0.1) is 0 Å². The zero-order valence-electron chi connectivity index (χ0n) is 19.8.